The summed E-state index contributed by atoms with van der Waals surface area (Å²) in [6.45, 7) is 1.53. The van der Waals surface area contributed by atoms with Gasteiger partial charge in [-0.15, -0.1) is 12.4 Å². The molecule has 1 saturated heterocycles. The lowest BCUT2D eigenvalue weighted by Crippen LogP contribution is -2.28. The SMILES string of the molecule is C[C@@H](O[C@H]1CN[C@@H](CCC(=O)O)[C@@H]1c1ccc(F)cc1)c1cc(C(F)(F)F)cc(C(F)(F)F)c1.Cl. The molecule has 2 aromatic carbocycles. The van der Waals surface area contributed by atoms with Crippen LogP contribution in [0.3, 0.4) is 0 Å². The highest BCUT2D eigenvalue weighted by Crippen LogP contribution is 2.40. The van der Waals surface area contributed by atoms with Crippen LogP contribution >= 0.6 is 12.4 Å². The number of rotatable bonds is 7. The smallest absolute Gasteiger partial charge is 0.416 e. The summed E-state index contributed by atoms with van der Waals surface area (Å²) in [5.41, 5.74) is -2.56. The molecule has 2 N–H and O–H groups in total. The van der Waals surface area contributed by atoms with Gasteiger partial charge in [0, 0.05) is 24.9 Å². The molecule has 0 amide bonds. The third-order valence-corrected chi connectivity index (χ3v) is 5.80. The number of benzene rings is 2. The van der Waals surface area contributed by atoms with E-state index in [0.29, 0.717) is 17.7 Å². The van der Waals surface area contributed by atoms with Gasteiger partial charge in [0.2, 0.25) is 0 Å². The molecule has 1 aliphatic rings. The summed E-state index contributed by atoms with van der Waals surface area (Å²) in [5.74, 6) is -2.01. The molecule has 12 heteroatoms. The van der Waals surface area contributed by atoms with Gasteiger partial charge < -0.3 is 15.2 Å². The number of hydrogen-bond acceptors (Lipinski definition) is 3. The summed E-state index contributed by atoms with van der Waals surface area (Å²) in [6, 6.07) is 6.31. The number of carboxylic acids is 1. The predicted octanol–water partition coefficient (Wildman–Crippen LogP) is 6.35. The fourth-order valence-corrected chi connectivity index (χ4v) is 4.16. The lowest BCUT2D eigenvalue weighted by molar-refractivity contribution is -0.143. The Morgan fingerprint density at radius 2 is 1.60 bits per heavy atom. The number of carboxylic acid groups (broad SMARTS) is 1. The lowest BCUT2D eigenvalue weighted by atomic mass is 9.87. The van der Waals surface area contributed by atoms with Crippen LogP contribution in [0, 0.1) is 5.82 Å². The molecule has 0 bridgehead atoms. The Morgan fingerprint density at radius 3 is 2.09 bits per heavy atom. The van der Waals surface area contributed by atoms with E-state index in [1.54, 1.807) is 0 Å². The van der Waals surface area contributed by atoms with Crippen molar-refractivity contribution in [2.75, 3.05) is 6.54 Å². The first-order valence-corrected chi connectivity index (χ1v) is 10.4. The molecule has 0 saturated carbocycles. The second-order valence-electron chi connectivity index (χ2n) is 8.18. The van der Waals surface area contributed by atoms with Crippen LogP contribution in [-0.2, 0) is 21.9 Å². The molecule has 1 aliphatic heterocycles. The van der Waals surface area contributed by atoms with Crippen LogP contribution in [0.25, 0.3) is 0 Å². The third kappa shape index (κ3) is 7.31. The van der Waals surface area contributed by atoms with Gasteiger partial charge >= 0.3 is 18.3 Å². The first-order chi connectivity index (χ1) is 15.8. The van der Waals surface area contributed by atoms with Crippen molar-refractivity contribution >= 4 is 18.4 Å². The minimum absolute atomic E-state index is 0. The van der Waals surface area contributed by atoms with E-state index >= 15 is 0 Å². The van der Waals surface area contributed by atoms with Gasteiger partial charge in [-0.25, -0.2) is 4.39 Å². The largest absolute Gasteiger partial charge is 0.481 e. The van der Waals surface area contributed by atoms with E-state index in [0.717, 1.165) is 0 Å². The van der Waals surface area contributed by atoms with Crippen molar-refractivity contribution in [1.29, 1.82) is 0 Å². The van der Waals surface area contributed by atoms with Gasteiger partial charge in [-0.1, -0.05) is 12.1 Å². The highest BCUT2D eigenvalue weighted by Gasteiger charge is 2.40. The van der Waals surface area contributed by atoms with Crippen LogP contribution in [0.5, 0.6) is 0 Å². The van der Waals surface area contributed by atoms with E-state index in [1.807, 2.05) is 0 Å². The molecule has 1 heterocycles. The molecule has 4 atom stereocenters. The maximum Gasteiger partial charge on any atom is 0.416 e. The Bertz CT molecular complexity index is 979. The molecule has 0 unspecified atom stereocenters. The number of hydrogen-bond donors (Lipinski definition) is 2. The highest BCUT2D eigenvalue weighted by molar-refractivity contribution is 5.85. The van der Waals surface area contributed by atoms with E-state index in [-0.39, 0.29) is 43.4 Å². The molecule has 0 radical (unpaired) electrons. The van der Waals surface area contributed by atoms with Crippen molar-refractivity contribution in [2.45, 2.75) is 56.3 Å². The first kappa shape index (κ1) is 28.9. The summed E-state index contributed by atoms with van der Waals surface area (Å²) in [7, 11) is 0. The van der Waals surface area contributed by atoms with Crippen molar-refractivity contribution in [1.82, 2.24) is 5.32 Å². The summed E-state index contributed by atoms with van der Waals surface area (Å²) >= 11 is 0. The lowest BCUT2D eigenvalue weighted by Gasteiger charge is -2.28. The number of nitrogens with one attached hydrogen (secondary N) is 1. The highest BCUT2D eigenvalue weighted by atomic mass is 35.5. The van der Waals surface area contributed by atoms with Crippen molar-refractivity contribution in [3.8, 4) is 0 Å². The summed E-state index contributed by atoms with van der Waals surface area (Å²) < 4.78 is 98.7. The van der Waals surface area contributed by atoms with Crippen molar-refractivity contribution in [3.05, 3.63) is 70.5 Å². The number of carbonyl (C=O) groups is 1. The fourth-order valence-electron chi connectivity index (χ4n) is 4.16. The normalized spacial score (nSPS) is 21.4. The third-order valence-electron chi connectivity index (χ3n) is 5.80. The summed E-state index contributed by atoms with van der Waals surface area (Å²) in [6.07, 6.45) is -11.8. The molecular weight excluding hydrogens is 507 g/mol. The second kappa shape index (κ2) is 11.1. The van der Waals surface area contributed by atoms with Crippen LogP contribution in [0.2, 0.25) is 0 Å². The maximum absolute atomic E-state index is 13.4. The van der Waals surface area contributed by atoms with Gasteiger partial charge in [-0.05, 0) is 54.8 Å². The topological polar surface area (TPSA) is 58.6 Å². The maximum atomic E-state index is 13.4. The van der Waals surface area contributed by atoms with E-state index in [2.05, 4.69) is 5.32 Å². The standard InChI is InChI=1S/C23H22F7NO3.ClH/c1-12(14-8-15(22(25,26)27)10-16(9-14)23(28,29)30)34-19-11-31-18(6-7-20(32)33)21(19)13-2-4-17(24)5-3-13;/h2-5,8-10,12,18-19,21,31H,6-7,11H2,1H3,(H,32,33);1H/t12-,18+,19+,21+;/m1./s1. The number of ether oxygens (including phenoxy) is 1. The average molecular weight is 530 g/mol. The zero-order chi connectivity index (χ0) is 25.3. The Balaban J connectivity index is 0.00000432. The van der Waals surface area contributed by atoms with Gasteiger partial charge in [0.15, 0.2) is 0 Å². The van der Waals surface area contributed by atoms with Gasteiger partial charge in [0.1, 0.15) is 5.82 Å². The Morgan fingerprint density at radius 1 is 1.06 bits per heavy atom. The minimum atomic E-state index is -4.98. The molecule has 0 spiro atoms. The molecule has 0 aliphatic carbocycles. The Kier molecular flexibility index (Phi) is 9.18. The molecule has 2 aromatic rings. The molecule has 1 fully saturated rings. The van der Waals surface area contributed by atoms with Crippen molar-refractivity contribution < 1.29 is 45.4 Å². The second-order valence-corrected chi connectivity index (χ2v) is 8.18. The minimum Gasteiger partial charge on any atom is -0.481 e. The van der Waals surface area contributed by atoms with Crippen LogP contribution < -0.4 is 5.32 Å². The number of alkyl halides is 6. The van der Waals surface area contributed by atoms with E-state index in [9.17, 15) is 35.5 Å². The van der Waals surface area contributed by atoms with E-state index in [4.69, 9.17) is 9.84 Å². The fraction of sp³-hybridized carbons (Fsp3) is 0.435. The van der Waals surface area contributed by atoms with Gasteiger partial charge in [0.25, 0.3) is 0 Å². The number of halogens is 8. The van der Waals surface area contributed by atoms with Crippen molar-refractivity contribution in [3.63, 3.8) is 0 Å². The molecule has 194 valence electrons. The summed E-state index contributed by atoms with van der Waals surface area (Å²) in [5, 5.41) is 12.1. The van der Waals surface area contributed by atoms with Gasteiger partial charge in [-0.2, -0.15) is 26.3 Å². The zero-order valence-electron chi connectivity index (χ0n) is 18.3. The first-order valence-electron chi connectivity index (χ1n) is 10.4. The summed E-state index contributed by atoms with van der Waals surface area (Å²) in [4.78, 5) is 11.0. The van der Waals surface area contributed by atoms with E-state index < -0.39 is 59.4 Å². The van der Waals surface area contributed by atoms with E-state index in [1.165, 1.54) is 31.2 Å². The molecular formula is C23H23ClF7NO3. The molecule has 35 heavy (non-hydrogen) atoms. The molecule has 0 aromatic heterocycles. The average Bonchev–Trinajstić information content (AvgIpc) is 3.13. The predicted molar refractivity (Wildman–Crippen MR) is 115 cm³/mol. The van der Waals surface area contributed by atoms with Gasteiger partial charge in [-0.3, -0.25) is 4.79 Å². The van der Waals surface area contributed by atoms with Crippen LogP contribution in [-0.4, -0.2) is 29.8 Å². The molecule has 3 rings (SSSR count). The molecule has 4 nitrogen and oxygen atoms in total. The zero-order valence-corrected chi connectivity index (χ0v) is 19.1. The quantitative estimate of drug-likeness (QED) is 0.410. The monoisotopic (exact) mass is 529 g/mol. The van der Waals surface area contributed by atoms with Gasteiger partial charge in [0.05, 0.1) is 23.3 Å². The van der Waals surface area contributed by atoms with Crippen LogP contribution in [0.15, 0.2) is 42.5 Å². The Labute approximate surface area is 202 Å². The van der Waals surface area contributed by atoms with Crippen LogP contribution in [0.4, 0.5) is 30.7 Å². The Hall–Kier alpha value is -2.37. The van der Waals surface area contributed by atoms with Crippen molar-refractivity contribution in [2.24, 2.45) is 0 Å². The van der Waals surface area contributed by atoms with Crippen LogP contribution in [0.1, 0.15) is 54.0 Å². The number of aliphatic carboxylic acids is 1.